The zero-order valence-electron chi connectivity index (χ0n) is 11.3. The van der Waals surface area contributed by atoms with Crippen LogP contribution in [0.15, 0.2) is 23.2 Å². The topological polar surface area (TPSA) is 68.2 Å². The van der Waals surface area contributed by atoms with Crippen molar-refractivity contribution < 1.29 is 0 Å². The molecule has 5 heteroatoms. The third-order valence-electron chi connectivity index (χ3n) is 3.45. The first kappa shape index (κ1) is 12.0. The number of nitrogens with two attached hydrogens (primary N) is 1. The third-order valence-corrected chi connectivity index (χ3v) is 3.45. The van der Waals surface area contributed by atoms with Gasteiger partial charge in [-0.2, -0.15) is 0 Å². The molecule has 0 atom stereocenters. The van der Waals surface area contributed by atoms with Gasteiger partial charge in [0, 0.05) is 13.1 Å². The summed E-state index contributed by atoms with van der Waals surface area (Å²) in [6.45, 7) is 2.58. The van der Waals surface area contributed by atoms with Crippen molar-refractivity contribution in [1.29, 1.82) is 0 Å². The molecule has 1 aromatic carbocycles. The van der Waals surface area contributed by atoms with Crippen molar-refractivity contribution in [2.75, 3.05) is 0 Å². The third kappa shape index (κ3) is 2.54. The van der Waals surface area contributed by atoms with Gasteiger partial charge in [0.15, 0.2) is 5.96 Å². The monoisotopic (exact) mass is 257 g/mol. The van der Waals surface area contributed by atoms with Crippen LogP contribution in [0, 0.1) is 6.92 Å². The zero-order chi connectivity index (χ0) is 13.4. The van der Waals surface area contributed by atoms with Crippen LogP contribution in [0.4, 0.5) is 0 Å². The van der Waals surface area contributed by atoms with Crippen LogP contribution >= 0.6 is 0 Å². The Bertz CT molecular complexity index is 637. The maximum atomic E-state index is 5.83. The fourth-order valence-corrected chi connectivity index (χ4v) is 2.14. The van der Waals surface area contributed by atoms with E-state index in [1.165, 1.54) is 18.4 Å². The number of guanidine groups is 1. The van der Waals surface area contributed by atoms with Crippen LogP contribution in [0.1, 0.15) is 24.2 Å². The Morgan fingerprint density at radius 2 is 2.32 bits per heavy atom. The minimum absolute atomic E-state index is 0.510. The molecule has 5 nitrogen and oxygen atoms in total. The lowest BCUT2D eigenvalue weighted by molar-refractivity contribution is 0.800. The average Bonchev–Trinajstić information content (AvgIpc) is 3.12. The summed E-state index contributed by atoms with van der Waals surface area (Å²) in [7, 11) is 2.01. The Labute approximate surface area is 112 Å². The summed E-state index contributed by atoms with van der Waals surface area (Å²) in [5.41, 5.74) is 9.20. The predicted molar refractivity (Wildman–Crippen MR) is 76.9 cm³/mol. The van der Waals surface area contributed by atoms with Gasteiger partial charge in [-0.25, -0.2) is 9.98 Å². The Kier molecular flexibility index (Phi) is 2.89. The maximum absolute atomic E-state index is 5.83. The number of aliphatic imine (C=N–C) groups is 1. The van der Waals surface area contributed by atoms with Gasteiger partial charge in [-0.1, -0.05) is 6.07 Å². The molecular formula is C14H19N5. The van der Waals surface area contributed by atoms with Crippen molar-refractivity contribution in [1.82, 2.24) is 14.9 Å². The lowest BCUT2D eigenvalue weighted by Crippen LogP contribution is -2.33. The number of hydrogen-bond acceptors (Lipinski definition) is 2. The smallest absolute Gasteiger partial charge is 0.189 e. The van der Waals surface area contributed by atoms with Gasteiger partial charge in [-0.05, 0) is 37.5 Å². The molecule has 0 unspecified atom stereocenters. The number of benzene rings is 1. The van der Waals surface area contributed by atoms with Crippen LogP contribution in [0.2, 0.25) is 0 Å². The van der Waals surface area contributed by atoms with E-state index in [2.05, 4.69) is 45.0 Å². The minimum Gasteiger partial charge on any atom is -0.370 e. The number of aryl methyl sites for hydroxylation is 2. The molecule has 3 rings (SSSR count). The number of fused-ring (bicyclic) bond motifs is 1. The van der Waals surface area contributed by atoms with Gasteiger partial charge in [0.25, 0.3) is 0 Å². The molecule has 1 heterocycles. The van der Waals surface area contributed by atoms with Crippen molar-refractivity contribution in [2.45, 2.75) is 32.4 Å². The molecule has 0 amide bonds. The molecule has 2 aromatic rings. The van der Waals surface area contributed by atoms with E-state index in [4.69, 9.17) is 5.73 Å². The number of hydrogen-bond donors (Lipinski definition) is 2. The second-order valence-corrected chi connectivity index (χ2v) is 5.20. The first-order valence-corrected chi connectivity index (χ1v) is 6.62. The lowest BCUT2D eigenvalue weighted by atomic mass is 10.2. The molecule has 1 aliphatic rings. The fourth-order valence-electron chi connectivity index (χ4n) is 2.14. The second-order valence-electron chi connectivity index (χ2n) is 5.20. The zero-order valence-corrected chi connectivity index (χ0v) is 11.3. The van der Waals surface area contributed by atoms with Crippen LogP contribution in [0.5, 0.6) is 0 Å². The summed E-state index contributed by atoms with van der Waals surface area (Å²) in [6.07, 6.45) is 2.39. The molecule has 0 aliphatic heterocycles. The molecular weight excluding hydrogens is 238 g/mol. The molecule has 0 radical (unpaired) electrons. The molecule has 1 aromatic heterocycles. The van der Waals surface area contributed by atoms with E-state index in [0.717, 1.165) is 16.9 Å². The van der Waals surface area contributed by atoms with Crippen molar-refractivity contribution in [2.24, 2.45) is 17.8 Å². The quantitative estimate of drug-likeness (QED) is 0.646. The Morgan fingerprint density at radius 1 is 1.53 bits per heavy atom. The van der Waals surface area contributed by atoms with Gasteiger partial charge in [0.05, 0.1) is 11.0 Å². The van der Waals surface area contributed by atoms with Crippen LogP contribution in [0.3, 0.4) is 0 Å². The van der Waals surface area contributed by atoms with Gasteiger partial charge in [-0.3, -0.25) is 0 Å². The predicted octanol–water partition coefficient (Wildman–Crippen LogP) is 1.45. The van der Waals surface area contributed by atoms with Gasteiger partial charge in [0.1, 0.15) is 12.4 Å². The van der Waals surface area contributed by atoms with Gasteiger partial charge >= 0.3 is 0 Å². The largest absolute Gasteiger partial charge is 0.370 e. The van der Waals surface area contributed by atoms with Crippen LogP contribution in [-0.4, -0.2) is 21.6 Å². The summed E-state index contributed by atoms with van der Waals surface area (Å²) in [5, 5.41) is 3.18. The maximum Gasteiger partial charge on any atom is 0.189 e. The highest BCUT2D eigenvalue weighted by Crippen LogP contribution is 2.18. The van der Waals surface area contributed by atoms with Crippen LogP contribution < -0.4 is 11.1 Å². The van der Waals surface area contributed by atoms with Crippen molar-refractivity contribution in [3.05, 3.63) is 29.6 Å². The summed E-state index contributed by atoms with van der Waals surface area (Å²) >= 11 is 0. The number of nitrogens with one attached hydrogen (secondary N) is 1. The standard InChI is InChI=1S/C14H19N5/c1-9-3-6-12-11(7-9)18-13(19(12)2)8-16-14(15)17-10-4-5-10/h3,6-7,10H,4-5,8H2,1-2H3,(H3,15,16,17). The summed E-state index contributed by atoms with van der Waals surface area (Å²) < 4.78 is 2.07. The fraction of sp³-hybridized carbons (Fsp3) is 0.429. The first-order valence-electron chi connectivity index (χ1n) is 6.62. The van der Waals surface area contributed by atoms with Gasteiger partial charge < -0.3 is 15.6 Å². The van der Waals surface area contributed by atoms with E-state index in [9.17, 15) is 0 Å². The molecule has 0 saturated heterocycles. The molecule has 1 fully saturated rings. The summed E-state index contributed by atoms with van der Waals surface area (Å²) in [4.78, 5) is 8.97. The van der Waals surface area contributed by atoms with Gasteiger partial charge in [0.2, 0.25) is 0 Å². The number of aromatic nitrogens is 2. The van der Waals surface area contributed by atoms with E-state index in [0.29, 0.717) is 18.5 Å². The molecule has 100 valence electrons. The Hall–Kier alpha value is -2.04. The van der Waals surface area contributed by atoms with Crippen molar-refractivity contribution >= 4 is 17.0 Å². The van der Waals surface area contributed by atoms with Crippen LogP contribution in [0.25, 0.3) is 11.0 Å². The highest BCUT2D eigenvalue weighted by molar-refractivity contribution is 5.79. The Balaban J connectivity index is 1.82. The molecule has 0 spiro atoms. The van der Waals surface area contributed by atoms with E-state index in [1.54, 1.807) is 0 Å². The van der Waals surface area contributed by atoms with E-state index >= 15 is 0 Å². The molecule has 19 heavy (non-hydrogen) atoms. The highest BCUT2D eigenvalue weighted by Gasteiger charge is 2.21. The number of rotatable bonds is 3. The summed E-state index contributed by atoms with van der Waals surface area (Å²) in [6, 6.07) is 6.82. The molecule has 0 bridgehead atoms. The number of imidazole rings is 1. The SMILES string of the molecule is Cc1ccc2c(c1)nc(CN=C(N)NC1CC1)n2C. The minimum atomic E-state index is 0.510. The van der Waals surface area contributed by atoms with Crippen molar-refractivity contribution in [3.8, 4) is 0 Å². The Morgan fingerprint density at radius 3 is 3.05 bits per heavy atom. The average molecular weight is 257 g/mol. The second kappa shape index (κ2) is 4.57. The normalized spacial score (nSPS) is 16.0. The first-order chi connectivity index (χ1) is 9.13. The van der Waals surface area contributed by atoms with E-state index < -0.39 is 0 Å². The lowest BCUT2D eigenvalue weighted by Gasteiger charge is -2.03. The molecule has 1 aliphatic carbocycles. The van der Waals surface area contributed by atoms with E-state index in [1.807, 2.05) is 7.05 Å². The molecule has 1 saturated carbocycles. The van der Waals surface area contributed by atoms with Gasteiger partial charge in [-0.15, -0.1) is 0 Å². The number of nitrogens with zero attached hydrogens (tertiary/aromatic N) is 3. The van der Waals surface area contributed by atoms with Crippen molar-refractivity contribution in [3.63, 3.8) is 0 Å². The highest BCUT2D eigenvalue weighted by atomic mass is 15.1. The van der Waals surface area contributed by atoms with Crippen LogP contribution in [-0.2, 0) is 13.6 Å². The van der Waals surface area contributed by atoms with E-state index in [-0.39, 0.29) is 0 Å². The molecule has 3 N–H and O–H groups in total. The summed E-state index contributed by atoms with van der Waals surface area (Å²) in [5.74, 6) is 1.45.